The molecule has 0 aliphatic heterocycles. The van der Waals surface area contributed by atoms with Gasteiger partial charge in [-0.25, -0.2) is 4.39 Å². The topological polar surface area (TPSA) is 33.6 Å². The Morgan fingerprint density at radius 2 is 1.91 bits per heavy atom. The maximum absolute atomic E-state index is 13.0. The first kappa shape index (κ1) is 18.6. The van der Waals surface area contributed by atoms with Crippen LogP contribution in [0.3, 0.4) is 0 Å². The van der Waals surface area contributed by atoms with Crippen LogP contribution in [0, 0.1) is 5.82 Å². The summed E-state index contributed by atoms with van der Waals surface area (Å²) in [4.78, 5) is 4.92. The van der Waals surface area contributed by atoms with Gasteiger partial charge in [-0.2, -0.15) is 0 Å². The zero-order chi connectivity index (χ0) is 16.4. The van der Waals surface area contributed by atoms with Crippen LogP contribution in [0.15, 0.2) is 29.4 Å². The zero-order valence-corrected chi connectivity index (χ0v) is 14.3. The molecule has 0 amide bonds. The maximum Gasteiger partial charge on any atom is 0.123 e. The van der Waals surface area contributed by atoms with Crippen molar-refractivity contribution in [1.82, 2.24) is 5.32 Å². The summed E-state index contributed by atoms with van der Waals surface area (Å²) in [5.74, 6) is -0.240. The highest BCUT2D eigenvalue weighted by molar-refractivity contribution is 6.00. The van der Waals surface area contributed by atoms with Crippen LogP contribution in [0.5, 0.6) is 0 Å². The molecule has 0 unspecified atom stereocenters. The Bertz CT molecular complexity index is 455. The molecule has 22 heavy (non-hydrogen) atoms. The summed E-state index contributed by atoms with van der Waals surface area (Å²) in [5.41, 5.74) is 1.85. The van der Waals surface area contributed by atoms with Crippen LogP contribution >= 0.6 is 0 Å². The number of halogens is 1. The van der Waals surface area contributed by atoms with E-state index in [9.17, 15) is 4.39 Å². The average Bonchev–Trinajstić information content (AvgIpc) is 2.47. The third-order valence-corrected chi connectivity index (χ3v) is 3.75. The van der Waals surface area contributed by atoms with E-state index in [-0.39, 0.29) is 11.4 Å². The highest BCUT2D eigenvalue weighted by Gasteiger charge is 2.16. The van der Waals surface area contributed by atoms with Crippen LogP contribution < -0.4 is 5.32 Å². The molecule has 124 valence electrons. The molecular weight excluding hydrogens is 279 g/mol. The van der Waals surface area contributed by atoms with Gasteiger partial charge in [-0.05, 0) is 38.0 Å². The average molecular weight is 308 g/mol. The monoisotopic (exact) mass is 308 g/mol. The smallest absolute Gasteiger partial charge is 0.123 e. The third kappa shape index (κ3) is 7.03. The normalized spacial score (nSPS) is 12.5. The second-order valence-corrected chi connectivity index (χ2v) is 6.25. The van der Waals surface area contributed by atoms with Crippen molar-refractivity contribution in [2.75, 3.05) is 13.7 Å². The summed E-state index contributed by atoms with van der Waals surface area (Å²) in [6, 6.07) is 6.37. The fourth-order valence-electron chi connectivity index (χ4n) is 2.42. The van der Waals surface area contributed by atoms with E-state index >= 15 is 0 Å². The first-order valence-electron chi connectivity index (χ1n) is 8.09. The van der Waals surface area contributed by atoms with Crippen LogP contribution in [-0.2, 0) is 4.84 Å². The van der Waals surface area contributed by atoms with Gasteiger partial charge in [0.1, 0.15) is 12.9 Å². The van der Waals surface area contributed by atoms with Gasteiger partial charge in [0, 0.05) is 18.5 Å². The minimum absolute atomic E-state index is 0.121. The van der Waals surface area contributed by atoms with Crippen LogP contribution in [0.1, 0.15) is 58.4 Å². The van der Waals surface area contributed by atoms with Crippen molar-refractivity contribution in [3.63, 3.8) is 0 Å². The maximum atomic E-state index is 13.0. The molecule has 0 fully saturated rings. The van der Waals surface area contributed by atoms with Gasteiger partial charge in [-0.3, -0.25) is 0 Å². The van der Waals surface area contributed by atoms with Crippen molar-refractivity contribution in [2.24, 2.45) is 5.16 Å². The molecule has 0 spiro atoms. The SMILES string of the molecule is CCCCCC(C)(C)NCC/C(=N/OC)c1ccc(F)cc1. The molecule has 0 atom stereocenters. The van der Waals surface area contributed by atoms with E-state index in [1.807, 2.05) is 0 Å². The molecule has 4 heteroatoms. The van der Waals surface area contributed by atoms with Gasteiger partial charge in [0.05, 0.1) is 5.71 Å². The largest absolute Gasteiger partial charge is 0.399 e. The number of oxime groups is 1. The predicted molar refractivity (Wildman–Crippen MR) is 90.8 cm³/mol. The summed E-state index contributed by atoms with van der Waals surface area (Å²) in [5, 5.41) is 7.65. The lowest BCUT2D eigenvalue weighted by atomic mass is 9.96. The molecule has 0 saturated carbocycles. The van der Waals surface area contributed by atoms with Crippen LogP contribution in [0.2, 0.25) is 0 Å². The molecule has 0 bridgehead atoms. The molecule has 1 aromatic rings. The summed E-state index contributed by atoms with van der Waals surface area (Å²) >= 11 is 0. The Hall–Kier alpha value is -1.42. The molecule has 0 heterocycles. The molecule has 0 saturated heterocycles. The van der Waals surface area contributed by atoms with Crippen molar-refractivity contribution < 1.29 is 9.23 Å². The Morgan fingerprint density at radius 3 is 2.50 bits per heavy atom. The van der Waals surface area contributed by atoms with E-state index in [1.165, 1.54) is 38.5 Å². The second-order valence-electron chi connectivity index (χ2n) is 6.25. The van der Waals surface area contributed by atoms with Gasteiger partial charge in [0.2, 0.25) is 0 Å². The Morgan fingerprint density at radius 1 is 1.23 bits per heavy atom. The van der Waals surface area contributed by atoms with Crippen LogP contribution in [0.4, 0.5) is 4.39 Å². The van der Waals surface area contributed by atoms with E-state index in [2.05, 4.69) is 31.2 Å². The fraction of sp³-hybridized carbons (Fsp3) is 0.611. The summed E-state index contributed by atoms with van der Waals surface area (Å²) in [7, 11) is 1.53. The van der Waals surface area contributed by atoms with Gasteiger partial charge in [0.15, 0.2) is 0 Å². The van der Waals surface area contributed by atoms with E-state index in [4.69, 9.17) is 4.84 Å². The standard InChI is InChI=1S/C18H29FN2O/c1-5-6-7-13-18(2,3)20-14-12-17(21-22-4)15-8-10-16(19)11-9-15/h8-11,20H,5-7,12-14H2,1-4H3/b21-17-. The first-order chi connectivity index (χ1) is 10.5. The third-order valence-electron chi connectivity index (χ3n) is 3.75. The minimum atomic E-state index is -0.240. The lowest BCUT2D eigenvalue weighted by Gasteiger charge is -2.26. The van der Waals surface area contributed by atoms with Gasteiger partial charge < -0.3 is 10.2 Å². The Kier molecular flexibility index (Phi) is 8.10. The summed E-state index contributed by atoms with van der Waals surface area (Å²) in [6.07, 6.45) is 5.67. The number of hydrogen-bond acceptors (Lipinski definition) is 3. The lowest BCUT2D eigenvalue weighted by molar-refractivity contribution is 0.212. The molecule has 0 aliphatic carbocycles. The summed E-state index contributed by atoms with van der Waals surface area (Å²) in [6.45, 7) is 7.50. The summed E-state index contributed by atoms with van der Waals surface area (Å²) < 4.78 is 13.0. The van der Waals surface area contributed by atoms with Crippen LogP contribution in [0.25, 0.3) is 0 Å². The van der Waals surface area contributed by atoms with E-state index in [1.54, 1.807) is 12.1 Å². The molecule has 0 aliphatic rings. The van der Waals surface area contributed by atoms with Gasteiger partial charge in [0.25, 0.3) is 0 Å². The number of benzene rings is 1. The minimum Gasteiger partial charge on any atom is -0.399 e. The van der Waals surface area contributed by atoms with E-state index in [0.29, 0.717) is 0 Å². The van der Waals surface area contributed by atoms with Crippen molar-refractivity contribution in [3.8, 4) is 0 Å². The van der Waals surface area contributed by atoms with Crippen molar-refractivity contribution in [2.45, 2.75) is 58.4 Å². The number of unbranched alkanes of at least 4 members (excludes halogenated alkanes) is 2. The highest BCUT2D eigenvalue weighted by Crippen LogP contribution is 2.14. The molecule has 1 rings (SSSR count). The first-order valence-corrected chi connectivity index (χ1v) is 8.09. The molecule has 1 aromatic carbocycles. The van der Waals surface area contributed by atoms with E-state index in [0.717, 1.165) is 30.7 Å². The lowest BCUT2D eigenvalue weighted by Crippen LogP contribution is -2.40. The Labute approximate surface area is 133 Å². The number of rotatable bonds is 10. The Balaban J connectivity index is 2.52. The molecule has 1 N–H and O–H groups in total. The van der Waals surface area contributed by atoms with Gasteiger partial charge in [-0.15, -0.1) is 0 Å². The molecule has 3 nitrogen and oxygen atoms in total. The number of nitrogens with one attached hydrogen (secondary N) is 1. The van der Waals surface area contributed by atoms with Crippen molar-refractivity contribution >= 4 is 5.71 Å². The number of hydrogen-bond donors (Lipinski definition) is 1. The van der Waals surface area contributed by atoms with Crippen LogP contribution in [-0.4, -0.2) is 24.9 Å². The quantitative estimate of drug-likeness (QED) is 0.392. The molecule has 0 aromatic heterocycles. The highest BCUT2D eigenvalue weighted by atomic mass is 19.1. The molecule has 0 radical (unpaired) electrons. The van der Waals surface area contributed by atoms with Crippen molar-refractivity contribution in [1.29, 1.82) is 0 Å². The van der Waals surface area contributed by atoms with Gasteiger partial charge in [-0.1, -0.05) is 43.5 Å². The zero-order valence-electron chi connectivity index (χ0n) is 14.3. The second kappa shape index (κ2) is 9.57. The van der Waals surface area contributed by atoms with Gasteiger partial charge >= 0.3 is 0 Å². The van der Waals surface area contributed by atoms with E-state index < -0.39 is 0 Å². The van der Waals surface area contributed by atoms with Crippen molar-refractivity contribution in [3.05, 3.63) is 35.6 Å². The number of nitrogens with zero attached hydrogens (tertiary/aromatic N) is 1. The molecular formula is C18H29FN2O. The predicted octanol–water partition coefficient (Wildman–Crippen LogP) is 4.51. The fourth-order valence-corrected chi connectivity index (χ4v) is 2.42.